The highest BCUT2D eigenvalue weighted by molar-refractivity contribution is 9.10. The van der Waals surface area contributed by atoms with Gasteiger partial charge in [-0.25, -0.2) is 0 Å². The lowest BCUT2D eigenvalue weighted by Crippen LogP contribution is -2.13. The van der Waals surface area contributed by atoms with E-state index in [1.807, 2.05) is 24.3 Å². The number of amides is 1. The average molecular weight is 408 g/mol. The molecule has 0 aromatic heterocycles. The summed E-state index contributed by atoms with van der Waals surface area (Å²) in [5, 5.41) is 2.88. The van der Waals surface area contributed by atoms with E-state index in [0.717, 1.165) is 5.69 Å². The molecular formula is C19H22BrNO4. The first-order valence-corrected chi connectivity index (χ1v) is 8.62. The highest BCUT2D eigenvalue weighted by Crippen LogP contribution is 2.44. The van der Waals surface area contributed by atoms with Crippen LogP contribution in [0.2, 0.25) is 0 Å². The lowest BCUT2D eigenvalue weighted by molar-refractivity contribution is 0.102. The summed E-state index contributed by atoms with van der Waals surface area (Å²) in [4.78, 5) is 12.7. The third-order valence-corrected chi connectivity index (χ3v) is 4.64. The molecule has 0 atom stereocenters. The lowest BCUT2D eigenvalue weighted by atomic mass is 10.0. The van der Waals surface area contributed by atoms with Gasteiger partial charge in [-0.15, -0.1) is 0 Å². The van der Waals surface area contributed by atoms with E-state index >= 15 is 0 Å². The number of hydrogen-bond donors (Lipinski definition) is 1. The van der Waals surface area contributed by atoms with Gasteiger partial charge in [-0.2, -0.15) is 0 Å². The first-order valence-electron chi connectivity index (χ1n) is 7.82. The number of ether oxygens (including phenoxy) is 3. The molecule has 1 amide bonds. The third kappa shape index (κ3) is 4.07. The molecule has 2 rings (SSSR count). The Hall–Kier alpha value is -2.21. The summed E-state index contributed by atoms with van der Waals surface area (Å²) >= 11 is 3.42. The van der Waals surface area contributed by atoms with Gasteiger partial charge in [0.2, 0.25) is 5.75 Å². The van der Waals surface area contributed by atoms with E-state index in [0.29, 0.717) is 33.2 Å². The van der Waals surface area contributed by atoms with Crippen LogP contribution in [0.3, 0.4) is 0 Å². The predicted octanol–water partition coefficient (Wildman–Crippen LogP) is 4.85. The Labute approximate surface area is 156 Å². The van der Waals surface area contributed by atoms with Gasteiger partial charge < -0.3 is 19.5 Å². The Balaban J connectivity index is 2.35. The van der Waals surface area contributed by atoms with Crippen molar-refractivity contribution in [2.24, 2.45) is 0 Å². The van der Waals surface area contributed by atoms with Crippen LogP contribution in [0.1, 0.15) is 35.7 Å². The number of halogens is 1. The van der Waals surface area contributed by atoms with Crippen LogP contribution in [0.25, 0.3) is 0 Å². The third-order valence-electron chi connectivity index (χ3n) is 3.85. The molecule has 6 heteroatoms. The summed E-state index contributed by atoms with van der Waals surface area (Å²) in [7, 11) is 4.54. The number of nitrogens with one attached hydrogen (secondary N) is 1. The van der Waals surface area contributed by atoms with Crippen LogP contribution in [0.15, 0.2) is 34.8 Å². The molecule has 0 saturated carbocycles. The van der Waals surface area contributed by atoms with Crippen molar-refractivity contribution < 1.29 is 19.0 Å². The van der Waals surface area contributed by atoms with Gasteiger partial charge in [0.15, 0.2) is 11.5 Å². The first-order chi connectivity index (χ1) is 11.9. The van der Waals surface area contributed by atoms with Gasteiger partial charge >= 0.3 is 0 Å². The lowest BCUT2D eigenvalue weighted by Gasteiger charge is -2.16. The summed E-state index contributed by atoms with van der Waals surface area (Å²) in [6.45, 7) is 4.25. The van der Waals surface area contributed by atoms with Gasteiger partial charge in [0.05, 0.1) is 31.4 Å². The maximum atomic E-state index is 12.7. The fourth-order valence-electron chi connectivity index (χ4n) is 2.44. The highest BCUT2D eigenvalue weighted by Gasteiger charge is 2.22. The number of rotatable bonds is 6. The zero-order valence-electron chi connectivity index (χ0n) is 15.0. The second kappa shape index (κ2) is 8.25. The Morgan fingerprint density at radius 1 is 1.00 bits per heavy atom. The van der Waals surface area contributed by atoms with Crippen molar-refractivity contribution >= 4 is 27.5 Å². The number of hydrogen-bond acceptors (Lipinski definition) is 4. The minimum Gasteiger partial charge on any atom is -0.493 e. The molecule has 0 aliphatic heterocycles. The molecule has 5 nitrogen and oxygen atoms in total. The van der Waals surface area contributed by atoms with Crippen LogP contribution in [0.4, 0.5) is 5.69 Å². The molecule has 0 bridgehead atoms. The minimum absolute atomic E-state index is 0.275. The maximum Gasteiger partial charge on any atom is 0.257 e. The van der Waals surface area contributed by atoms with Crippen molar-refractivity contribution in [3.8, 4) is 17.2 Å². The van der Waals surface area contributed by atoms with Crippen molar-refractivity contribution in [1.29, 1.82) is 0 Å². The fraction of sp³-hybridized carbons (Fsp3) is 0.316. The molecule has 2 aromatic carbocycles. The number of carbonyl (C=O) groups excluding carboxylic acids is 1. The van der Waals surface area contributed by atoms with Gasteiger partial charge in [0.25, 0.3) is 5.91 Å². The molecule has 0 aliphatic carbocycles. The van der Waals surface area contributed by atoms with Gasteiger partial charge in [-0.05, 0) is 45.6 Å². The largest absolute Gasteiger partial charge is 0.493 e. The standard InChI is InChI=1S/C19H22BrNO4/c1-11(2)12-6-8-13(9-7-12)21-19(22)14-10-15(23-3)17(24-4)18(25-5)16(14)20/h6-11H,1-5H3,(H,21,22). The average Bonchev–Trinajstić information content (AvgIpc) is 2.61. The molecule has 0 aliphatic rings. The maximum absolute atomic E-state index is 12.7. The van der Waals surface area contributed by atoms with E-state index in [1.165, 1.54) is 26.9 Å². The van der Waals surface area contributed by atoms with E-state index in [-0.39, 0.29) is 5.91 Å². The van der Waals surface area contributed by atoms with Crippen LogP contribution in [-0.4, -0.2) is 27.2 Å². The molecule has 0 saturated heterocycles. The monoisotopic (exact) mass is 407 g/mol. The number of anilines is 1. The summed E-state index contributed by atoms with van der Waals surface area (Å²) < 4.78 is 16.5. The minimum atomic E-state index is -0.275. The topological polar surface area (TPSA) is 56.8 Å². The SMILES string of the molecule is COc1cc(C(=O)Nc2ccc(C(C)C)cc2)c(Br)c(OC)c1OC. The fourth-order valence-corrected chi connectivity index (χ4v) is 3.07. The van der Waals surface area contributed by atoms with Crippen LogP contribution >= 0.6 is 15.9 Å². The van der Waals surface area contributed by atoms with Crippen molar-refractivity contribution in [3.63, 3.8) is 0 Å². The highest BCUT2D eigenvalue weighted by atomic mass is 79.9. The predicted molar refractivity (Wildman–Crippen MR) is 102 cm³/mol. The molecule has 1 N–H and O–H groups in total. The molecular weight excluding hydrogens is 386 g/mol. The number of carbonyl (C=O) groups is 1. The van der Waals surface area contributed by atoms with E-state index < -0.39 is 0 Å². The summed E-state index contributed by atoms with van der Waals surface area (Å²) in [5.74, 6) is 1.41. The summed E-state index contributed by atoms with van der Waals surface area (Å²) in [5.41, 5.74) is 2.32. The first kappa shape index (κ1) is 19.1. The van der Waals surface area contributed by atoms with Crippen LogP contribution in [0.5, 0.6) is 17.2 Å². The van der Waals surface area contributed by atoms with Crippen molar-refractivity contribution in [3.05, 3.63) is 45.9 Å². The Kier molecular flexibility index (Phi) is 6.31. The van der Waals surface area contributed by atoms with Gasteiger partial charge in [0, 0.05) is 5.69 Å². The molecule has 25 heavy (non-hydrogen) atoms. The van der Waals surface area contributed by atoms with E-state index in [4.69, 9.17) is 14.2 Å². The zero-order chi connectivity index (χ0) is 18.6. The Bertz CT molecular complexity index is 757. The van der Waals surface area contributed by atoms with Crippen LogP contribution < -0.4 is 19.5 Å². The number of benzene rings is 2. The van der Waals surface area contributed by atoms with Crippen LogP contribution in [0, 0.1) is 0 Å². The summed E-state index contributed by atoms with van der Waals surface area (Å²) in [6.07, 6.45) is 0. The van der Waals surface area contributed by atoms with Crippen molar-refractivity contribution in [2.45, 2.75) is 19.8 Å². The second-order valence-electron chi connectivity index (χ2n) is 5.74. The normalized spacial score (nSPS) is 10.5. The second-order valence-corrected chi connectivity index (χ2v) is 6.53. The molecule has 0 fully saturated rings. The zero-order valence-corrected chi connectivity index (χ0v) is 16.6. The molecule has 0 spiro atoms. The van der Waals surface area contributed by atoms with E-state index in [1.54, 1.807) is 6.07 Å². The molecule has 2 aromatic rings. The molecule has 0 heterocycles. The quantitative estimate of drug-likeness (QED) is 0.743. The van der Waals surface area contributed by atoms with Gasteiger partial charge in [-0.1, -0.05) is 26.0 Å². The van der Waals surface area contributed by atoms with E-state index in [2.05, 4.69) is 35.1 Å². The van der Waals surface area contributed by atoms with Crippen molar-refractivity contribution in [1.82, 2.24) is 0 Å². The Morgan fingerprint density at radius 2 is 1.60 bits per heavy atom. The van der Waals surface area contributed by atoms with Gasteiger partial charge in [0.1, 0.15) is 0 Å². The number of methoxy groups -OCH3 is 3. The summed E-state index contributed by atoms with van der Waals surface area (Å²) in [6, 6.07) is 9.40. The molecule has 134 valence electrons. The van der Waals surface area contributed by atoms with Crippen molar-refractivity contribution in [2.75, 3.05) is 26.6 Å². The molecule has 0 radical (unpaired) electrons. The Morgan fingerprint density at radius 3 is 2.08 bits per heavy atom. The molecule has 0 unspecified atom stereocenters. The van der Waals surface area contributed by atoms with Crippen LogP contribution in [-0.2, 0) is 0 Å². The smallest absolute Gasteiger partial charge is 0.257 e. The van der Waals surface area contributed by atoms with Gasteiger partial charge in [-0.3, -0.25) is 4.79 Å². The van der Waals surface area contributed by atoms with E-state index in [9.17, 15) is 4.79 Å².